The molecule has 3 aromatic heterocycles. The smallest absolute Gasteiger partial charge is 0.155 e. The van der Waals surface area contributed by atoms with Crippen molar-refractivity contribution < 1.29 is 46.8 Å². The van der Waals surface area contributed by atoms with Crippen LogP contribution in [0.1, 0.15) is 140 Å². The number of aliphatic hydroxyl groups excluding tert-OH is 1. The van der Waals surface area contributed by atoms with Crippen molar-refractivity contribution >= 4 is 50.1 Å². The van der Waals surface area contributed by atoms with Gasteiger partial charge >= 0.3 is 0 Å². The Labute approximate surface area is 316 Å². The van der Waals surface area contributed by atoms with Gasteiger partial charge in [0.15, 0.2) is 5.78 Å². The van der Waals surface area contributed by atoms with Crippen LogP contribution >= 0.6 is 0 Å². The summed E-state index contributed by atoms with van der Waals surface area (Å²) >= 11 is 0. The van der Waals surface area contributed by atoms with Crippen LogP contribution in [0, 0.1) is 36.9 Å². The first-order valence-corrected chi connectivity index (χ1v) is 17.6. The molecule has 0 aromatic carbocycles. The summed E-state index contributed by atoms with van der Waals surface area (Å²) in [5, 5.41) is 8.36. The van der Waals surface area contributed by atoms with E-state index in [4.69, 9.17) is 25.0 Å². The van der Waals surface area contributed by atoms with E-state index in [2.05, 4.69) is 79.7 Å². The van der Waals surface area contributed by atoms with Crippen molar-refractivity contribution in [2.45, 2.75) is 121 Å². The van der Waals surface area contributed by atoms with Gasteiger partial charge in [-0.05, 0) is 87.5 Å². The average Bonchev–Trinajstić information content (AvgIpc) is 3.75. The fourth-order valence-corrected chi connectivity index (χ4v) is 7.22. The number of hydrogen-bond donors (Lipinski definition) is 1. The number of allylic oxidation sites excluding steroid dienone is 6. The predicted molar refractivity (Wildman–Crippen MR) is 198 cm³/mol. The molecule has 48 heavy (non-hydrogen) atoms. The first-order chi connectivity index (χ1) is 22.6. The van der Waals surface area contributed by atoms with Crippen molar-refractivity contribution in [3.63, 3.8) is 0 Å². The second kappa shape index (κ2) is 17.6. The number of nitrogens with zero attached hydrogens (tertiary/aromatic N) is 4. The quantitative estimate of drug-likeness (QED) is 0.171. The van der Waals surface area contributed by atoms with Crippen molar-refractivity contribution in [2.75, 3.05) is 0 Å². The maximum absolute atomic E-state index is 10.0. The molecule has 3 aromatic rings. The van der Waals surface area contributed by atoms with E-state index in [9.17, 15) is 4.79 Å². The van der Waals surface area contributed by atoms with Gasteiger partial charge in [-0.1, -0.05) is 102 Å². The molecular weight excluding hydrogens is 749 g/mol. The normalized spacial score (nSPS) is 13.0. The molecule has 0 unspecified atom stereocenters. The summed E-state index contributed by atoms with van der Waals surface area (Å²) in [5.74, 6) is -0.0625. The van der Waals surface area contributed by atoms with Crippen LogP contribution in [0.4, 0.5) is 0 Å². The maximum Gasteiger partial charge on any atom is 0.155 e. The van der Waals surface area contributed by atoms with Crippen molar-refractivity contribution in [1.82, 2.24) is 19.9 Å². The van der Waals surface area contributed by atoms with Gasteiger partial charge in [-0.3, -0.25) is 4.79 Å². The third kappa shape index (κ3) is 8.08. The predicted octanol–water partition coefficient (Wildman–Crippen LogP) is 10.3. The summed E-state index contributed by atoms with van der Waals surface area (Å²) in [6, 6.07) is 8.98. The zero-order chi connectivity index (χ0) is 34.4. The van der Waals surface area contributed by atoms with E-state index in [-0.39, 0.29) is 48.4 Å². The summed E-state index contributed by atoms with van der Waals surface area (Å²) in [6.45, 7) is 20.8. The molecule has 0 amide bonds. The Morgan fingerprint density at radius 1 is 0.542 bits per heavy atom. The van der Waals surface area contributed by atoms with Crippen LogP contribution < -0.4 is 9.97 Å². The molecule has 7 heteroatoms. The van der Waals surface area contributed by atoms with E-state index < -0.39 is 0 Å². The van der Waals surface area contributed by atoms with E-state index in [0.717, 1.165) is 96.2 Å². The van der Waals surface area contributed by atoms with Gasteiger partial charge in [0.05, 0.1) is 28.5 Å². The molecule has 1 N–H and O–H groups in total. The number of carbonyl (C=O) groups excluding carboxylic acids is 1. The van der Waals surface area contributed by atoms with Crippen LogP contribution in [-0.4, -0.2) is 20.9 Å². The van der Waals surface area contributed by atoms with Crippen molar-refractivity contribution in [2.24, 2.45) is 0 Å². The number of carbonyl (C=O) groups is 1. The van der Waals surface area contributed by atoms with Gasteiger partial charge in [-0.15, -0.1) is 22.1 Å². The van der Waals surface area contributed by atoms with Gasteiger partial charge in [0.25, 0.3) is 0 Å². The summed E-state index contributed by atoms with van der Waals surface area (Å²) in [7, 11) is 0. The minimum atomic E-state index is -0.125. The molecule has 6 nitrogen and oxygen atoms in total. The molecule has 5 rings (SSSR count). The SMILES string of the molecule is CC(=O)/C=C(/C)O.CCC1=C(CC)c2cc3[n-]c(cc4nc(cc5[n-]c(cc1n2)c(CC)c5CC)C(CC)=C4CC)c(CC)c3CC.[Tm]. The van der Waals surface area contributed by atoms with Crippen molar-refractivity contribution in [1.29, 1.82) is 0 Å². The summed E-state index contributed by atoms with van der Waals surface area (Å²) in [6.07, 6.45) is 8.77. The molecule has 2 aliphatic rings. The van der Waals surface area contributed by atoms with Gasteiger partial charge in [0.2, 0.25) is 0 Å². The van der Waals surface area contributed by atoms with E-state index in [1.54, 1.807) is 0 Å². The number of ketones is 1. The number of rotatable bonds is 9. The van der Waals surface area contributed by atoms with E-state index in [1.165, 1.54) is 64.5 Å². The Morgan fingerprint density at radius 2 is 0.792 bits per heavy atom. The third-order valence-corrected chi connectivity index (χ3v) is 9.23. The van der Waals surface area contributed by atoms with Crippen LogP contribution in [0.2, 0.25) is 0 Å². The second-order valence-corrected chi connectivity index (χ2v) is 12.2. The molecule has 0 saturated carbocycles. The Balaban J connectivity index is 0.000000706. The molecule has 2 aliphatic heterocycles. The van der Waals surface area contributed by atoms with Crippen molar-refractivity contribution in [3.05, 3.63) is 81.1 Å². The number of hydrogen-bond acceptors (Lipinski definition) is 4. The van der Waals surface area contributed by atoms with Gasteiger partial charge < -0.3 is 15.1 Å². The standard InChI is InChI=1S/C36H44N4.C5H8O2.Tm/c1-9-21-22(10-2)30-18-32-25(13-5)26(14-6)34(39-32)20-36-28(16-8)27(15-7)35(40-36)19-33-24(12-4)23(11-3)31(38-33)17-29(21)37-30;1-4(6)3-5(2)7;/h17-20H,9-16H2,1-8H3;3,6H,1-2H3;/q-2;;/b;4-3-;. The zero-order valence-electron chi connectivity index (χ0n) is 30.5. The van der Waals surface area contributed by atoms with E-state index in [0.29, 0.717) is 0 Å². The molecule has 8 bridgehead atoms. The number of fused-ring (bicyclic) bond motifs is 8. The van der Waals surface area contributed by atoms with Crippen LogP contribution in [-0.2, 0) is 30.5 Å². The molecule has 263 valence electrons. The zero-order valence-corrected chi connectivity index (χ0v) is 32.2. The minimum absolute atomic E-state index is 0. The molecule has 0 saturated heterocycles. The molecular formula is C41H52N4O2Tm-2. The molecule has 5 heterocycles. The monoisotopic (exact) mass is 801 g/mol. The van der Waals surface area contributed by atoms with Crippen molar-refractivity contribution in [3.8, 4) is 0 Å². The van der Waals surface area contributed by atoms with Gasteiger partial charge in [0, 0.05) is 43.0 Å². The van der Waals surface area contributed by atoms with Crippen LogP contribution in [0.15, 0.2) is 36.1 Å². The Kier molecular flexibility index (Phi) is 14.5. The maximum atomic E-state index is 10.0. The molecule has 0 spiro atoms. The molecule has 0 atom stereocenters. The summed E-state index contributed by atoms with van der Waals surface area (Å²) in [5.41, 5.74) is 19.1. The van der Waals surface area contributed by atoms with Crippen LogP contribution in [0.25, 0.3) is 44.4 Å². The van der Waals surface area contributed by atoms with Crippen LogP contribution in [0.5, 0.6) is 0 Å². The third-order valence-electron chi connectivity index (χ3n) is 9.23. The van der Waals surface area contributed by atoms with Gasteiger partial charge in [-0.25, -0.2) is 9.97 Å². The largest absolute Gasteiger partial charge is 0.657 e. The molecule has 1 radical (unpaired) electrons. The summed E-state index contributed by atoms with van der Waals surface area (Å²) in [4.78, 5) is 31.0. The summed E-state index contributed by atoms with van der Waals surface area (Å²) < 4.78 is 0. The fourth-order valence-electron chi connectivity index (χ4n) is 7.22. The van der Waals surface area contributed by atoms with Gasteiger partial charge in [0.1, 0.15) is 0 Å². The van der Waals surface area contributed by atoms with E-state index >= 15 is 0 Å². The number of aliphatic hydroxyl groups is 1. The minimum Gasteiger partial charge on any atom is -0.657 e. The fraction of sp³-hybridized carbons (Fsp3) is 0.439. The number of aromatic nitrogens is 4. The number of aryl methyl sites for hydroxylation is 4. The average molecular weight is 802 g/mol. The Morgan fingerprint density at radius 3 is 0.938 bits per heavy atom. The second-order valence-electron chi connectivity index (χ2n) is 12.2. The molecule has 0 fully saturated rings. The first-order valence-electron chi connectivity index (χ1n) is 17.6. The Bertz CT molecular complexity index is 1680. The Hall–Kier alpha value is -2.96. The first kappa shape index (κ1) is 39.5. The van der Waals surface area contributed by atoms with E-state index in [1.807, 2.05) is 0 Å². The van der Waals surface area contributed by atoms with Gasteiger partial charge in [-0.2, -0.15) is 0 Å². The molecule has 0 aliphatic carbocycles. The van der Waals surface area contributed by atoms with Crippen LogP contribution in [0.3, 0.4) is 0 Å². The topological polar surface area (TPSA) is 91.3 Å².